The SMILES string of the molecule is COS(=O)(=O)c1cc(-c2ccc(-c3ccccc3)[nH]2)cc(-c2ccc(-c3ccccc3)[nH]2)c1. The summed E-state index contributed by atoms with van der Waals surface area (Å²) in [4.78, 5) is 6.91. The van der Waals surface area contributed by atoms with Crippen molar-refractivity contribution in [2.45, 2.75) is 4.90 Å². The van der Waals surface area contributed by atoms with Gasteiger partial charge in [-0.15, -0.1) is 0 Å². The quantitative estimate of drug-likeness (QED) is 0.294. The normalized spacial score (nSPS) is 11.5. The van der Waals surface area contributed by atoms with Gasteiger partial charge in [-0.1, -0.05) is 60.7 Å². The van der Waals surface area contributed by atoms with Gasteiger partial charge in [-0.05, 0) is 64.7 Å². The molecule has 0 amide bonds. The summed E-state index contributed by atoms with van der Waals surface area (Å²) in [6.07, 6.45) is 0. The minimum atomic E-state index is -3.88. The molecule has 0 fully saturated rings. The molecule has 2 aromatic heterocycles. The molecule has 0 aliphatic carbocycles. The van der Waals surface area contributed by atoms with Crippen LogP contribution in [0.1, 0.15) is 0 Å². The molecule has 5 nitrogen and oxygen atoms in total. The highest BCUT2D eigenvalue weighted by Crippen LogP contribution is 2.32. The number of aromatic nitrogens is 2. The Morgan fingerprint density at radius 2 is 0.939 bits per heavy atom. The van der Waals surface area contributed by atoms with Gasteiger partial charge in [0.2, 0.25) is 0 Å². The maximum Gasteiger partial charge on any atom is 0.296 e. The van der Waals surface area contributed by atoms with Crippen LogP contribution >= 0.6 is 0 Å². The Morgan fingerprint density at radius 1 is 0.545 bits per heavy atom. The molecule has 0 bridgehead atoms. The van der Waals surface area contributed by atoms with Gasteiger partial charge in [-0.3, -0.25) is 4.18 Å². The van der Waals surface area contributed by atoms with Crippen molar-refractivity contribution >= 4 is 10.1 Å². The van der Waals surface area contributed by atoms with Gasteiger partial charge in [-0.25, -0.2) is 0 Å². The molecular weight excluding hydrogens is 432 g/mol. The lowest BCUT2D eigenvalue weighted by atomic mass is 10.1. The molecule has 33 heavy (non-hydrogen) atoms. The van der Waals surface area contributed by atoms with E-state index in [4.69, 9.17) is 4.18 Å². The van der Waals surface area contributed by atoms with Crippen molar-refractivity contribution in [1.82, 2.24) is 9.97 Å². The molecule has 0 aliphatic heterocycles. The first-order valence-electron chi connectivity index (χ1n) is 10.5. The molecule has 0 radical (unpaired) electrons. The zero-order chi connectivity index (χ0) is 22.8. The van der Waals surface area contributed by atoms with Gasteiger partial charge in [0.25, 0.3) is 10.1 Å². The van der Waals surface area contributed by atoms with Crippen molar-refractivity contribution in [3.63, 3.8) is 0 Å². The predicted molar refractivity (Wildman–Crippen MR) is 131 cm³/mol. The van der Waals surface area contributed by atoms with Crippen LogP contribution in [0.2, 0.25) is 0 Å². The Bertz CT molecular complexity index is 1410. The Labute approximate surface area is 192 Å². The average Bonchev–Trinajstić information content (AvgIpc) is 3.56. The summed E-state index contributed by atoms with van der Waals surface area (Å²) in [5, 5.41) is 0. The van der Waals surface area contributed by atoms with Gasteiger partial charge in [0.05, 0.1) is 12.0 Å². The summed E-state index contributed by atoms with van der Waals surface area (Å²) < 4.78 is 30.0. The molecule has 0 saturated carbocycles. The number of rotatable bonds is 6. The first-order chi connectivity index (χ1) is 16.0. The Morgan fingerprint density at radius 3 is 1.33 bits per heavy atom. The third kappa shape index (κ3) is 4.26. The second kappa shape index (κ2) is 8.58. The van der Waals surface area contributed by atoms with E-state index in [2.05, 4.69) is 9.97 Å². The van der Waals surface area contributed by atoms with Gasteiger partial charge in [-0.2, -0.15) is 8.42 Å². The monoisotopic (exact) mass is 454 g/mol. The van der Waals surface area contributed by atoms with Crippen molar-refractivity contribution < 1.29 is 12.6 Å². The summed E-state index contributed by atoms with van der Waals surface area (Å²) in [5.74, 6) is 0. The molecule has 3 aromatic carbocycles. The molecule has 0 spiro atoms. The minimum absolute atomic E-state index is 0.101. The van der Waals surface area contributed by atoms with Crippen LogP contribution in [0.15, 0.2) is 108 Å². The second-order valence-corrected chi connectivity index (χ2v) is 9.38. The Hall–Kier alpha value is -3.87. The van der Waals surface area contributed by atoms with Gasteiger partial charge >= 0.3 is 0 Å². The van der Waals surface area contributed by atoms with Crippen LogP contribution in [-0.2, 0) is 14.3 Å². The van der Waals surface area contributed by atoms with E-state index < -0.39 is 10.1 Å². The first-order valence-corrected chi connectivity index (χ1v) is 11.9. The molecule has 6 heteroatoms. The fraction of sp³-hybridized carbons (Fsp3) is 0.0370. The first kappa shape index (κ1) is 21.0. The Kier molecular flexibility index (Phi) is 5.46. The lowest BCUT2D eigenvalue weighted by Gasteiger charge is -2.09. The van der Waals surface area contributed by atoms with Crippen molar-refractivity contribution in [2.24, 2.45) is 0 Å². The lowest BCUT2D eigenvalue weighted by molar-refractivity contribution is 0.398. The number of H-pyrrole nitrogens is 2. The standard InChI is InChI=1S/C27H22N2O3S/c1-32-33(30,31)23-17-21(26-14-12-24(28-26)19-8-4-2-5-9-19)16-22(18-23)27-15-13-25(29-27)20-10-6-3-7-11-20/h2-18,28-29H,1H3. The molecule has 0 unspecified atom stereocenters. The molecule has 0 saturated heterocycles. The molecule has 2 heterocycles. The second-order valence-electron chi connectivity index (χ2n) is 7.67. The van der Waals surface area contributed by atoms with Crippen LogP contribution in [0.25, 0.3) is 45.0 Å². The summed E-state index contributed by atoms with van der Waals surface area (Å²) in [6.45, 7) is 0. The van der Waals surface area contributed by atoms with Crippen molar-refractivity contribution in [3.8, 4) is 45.0 Å². The zero-order valence-electron chi connectivity index (χ0n) is 17.9. The van der Waals surface area contributed by atoms with E-state index in [0.717, 1.165) is 45.0 Å². The van der Waals surface area contributed by atoms with E-state index in [1.54, 1.807) is 12.1 Å². The molecule has 5 rings (SSSR count). The fourth-order valence-corrected chi connectivity index (χ4v) is 4.58. The summed E-state index contributed by atoms with van der Waals surface area (Å²) in [6, 6.07) is 33.1. The van der Waals surface area contributed by atoms with Crippen LogP contribution < -0.4 is 0 Å². The van der Waals surface area contributed by atoms with Gasteiger partial charge in [0.1, 0.15) is 0 Å². The number of benzene rings is 3. The third-order valence-corrected chi connectivity index (χ3v) is 6.83. The topological polar surface area (TPSA) is 75.0 Å². The van der Waals surface area contributed by atoms with E-state index in [-0.39, 0.29) is 4.90 Å². The summed E-state index contributed by atoms with van der Waals surface area (Å²) in [5.41, 5.74) is 7.17. The third-order valence-electron chi connectivity index (χ3n) is 5.58. The number of aromatic amines is 2. The van der Waals surface area contributed by atoms with Crippen LogP contribution in [0.5, 0.6) is 0 Å². The highest BCUT2D eigenvalue weighted by atomic mass is 32.2. The smallest absolute Gasteiger partial charge is 0.296 e. The van der Waals surface area contributed by atoms with Crippen LogP contribution in [0, 0.1) is 0 Å². The molecular formula is C27H22N2O3S. The number of nitrogens with one attached hydrogen (secondary N) is 2. The highest BCUT2D eigenvalue weighted by Gasteiger charge is 2.18. The molecule has 5 aromatic rings. The van der Waals surface area contributed by atoms with Crippen molar-refractivity contribution in [3.05, 3.63) is 103 Å². The highest BCUT2D eigenvalue weighted by molar-refractivity contribution is 7.86. The lowest BCUT2D eigenvalue weighted by Crippen LogP contribution is -2.03. The maximum absolute atomic E-state index is 12.6. The largest absolute Gasteiger partial charge is 0.355 e. The van der Waals surface area contributed by atoms with Gasteiger partial charge < -0.3 is 9.97 Å². The molecule has 2 N–H and O–H groups in total. The Balaban J connectivity index is 1.60. The molecule has 0 atom stereocenters. The van der Waals surface area contributed by atoms with Gasteiger partial charge in [0, 0.05) is 22.8 Å². The minimum Gasteiger partial charge on any atom is -0.355 e. The van der Waals surface area contributed by atoms with Crippen LogP contribution in [0.4, 0.5) is 0 Å². The number of hydrogen-bond acceptors (Lipinski definition) is 3. The van der Waals surface area contributed by atoms with Crippen molar-refractivity contribution in [1.29, 1.82) is 0 Å². The van der Waals surface area contributed by atoms with E-state index in [9.17, 15) is 8.42 Å². The van der Waals surface area contributed by atoms with E-state index in [1.807, 2.05) is 91.0 Å². The predicted octanol–water partition coefficient (Wildman–Crippen LogP) is 6.35. The van der Waals surface area contributed by atoms with Gasteiger partial charge in [0.15, 0.2) is 0 Å². The summed E-state index contributed by atoms with van der Waals surface area (Å²) >= 11 is 0. The summed E-state index contributed by atoms with van der Waals surface area (Å²) in [7, 11) is -2.71. The average molecular weight is 455 g/mol. The maximum atomic E-state index is 12.6. The fourth-order valence-electron chi connectivity index (χ4n) is 3.85. The van der Waals surface area contributed by atoms with E-state index in [1.165, 1.54) is 7.11 Å². The van der Waals surface area contributed by atoms with E-state index in [0.29, 0.717) is 0 Å². The molecule has 164 valence electrons. The van der Waals surface area contributed by atoms with Crippen molar-refractivity contribution in [2.75, 3.05) is 7.11 Å². The van der Waals surface area contributed by atoms with E-state index >= 15 is 0 Å². The zero-order valence-corrected chi connectivity index (χ0v) is 18.8. The van der Waals surface area contributed by atoms with Crippen LogP contribution in [0.3, 0.4) is 0 Å². The molecule has 0 aliphatic rings. The number of hydrogen-bond donors (Lipinski definition) is 2. The van der Waals surface area contributed by atoms with Crippen LogP contribution in [-0.4, -0.2) is 25.5 Å².